The van der Waals surface area contributed by atoms with Gasteiger partial charge in [0.15, 0.2) is 5.78 Å². The molecule has 1 unspecified atom stereocenters. The summed E-state index contributed by atoms with van der Waals surface area (Å²) in [4.78, 5) is 14.6. The van der Waals surface area contributed by atoms with Crippen molar-refractivity contribution in [3.05, 3.63) is 53.6 Å². The molecule has 0 aromatic heterocycles. The molecule has 1 aromatic rings. The van der Waals surface area contributed by atoms with Crippen LogP contribution in [0, 0.1) is 5.92 Å². The number of nitrogens with zero attached hydrogens (tertiary/aromatic N) is 1. The molecule has 1 atom stereocenters. The molecule has 1 aliphatic rings. The van der Waals surface area contributed by atoms with Crippen LogP contribution in [0.2, 0.25) is 0 Å². The van der Waals surface area contributed by atoms with Crippen LogP contribution >= 0.6 is 0 Å². The summed E-state index contributed by atoms with van der Waals surface area (Å²) in [5.74, 6) is 0.780. The summed E-state index contributed by atoms with van der Waals surface area (Å²) >= 11 is 0. The number of ketones is 1. The number of carbonyl (C=O) groups is 1. The molecule has 100 valence electrons. The minimum Gasteiger partial charge on any atom is -0.497 e. The normalized spacial score (nSPS) is 17.7. The van der Waals surface area contributed by atoms with E-state index >= 15 is 0 Å². The maximum absolute atomic E-state index is 12.5. The third kappa shape index (κ3) is 3.12. The molecule has 1 aliphatic carbocycles. The standard InChI is InChI=1S/C16H19NO2/c1-17(2)11-13-5-4-6-15(13)16(18)12-7-9-14(19-3)10-8-12/h4-10,15H,11H2,1-3H3. The summed E-state index contributed by atoms with van der Waals surface area (Å²) in [7, 11) is 5.64. The Morgan fingerprint density at radius 1 is 1.26 bits per heavy atom. The molecule has 0 fully saturated rings. The smallest absolute Gasteiger partial charge is 0.173 e. The zero-order valence-electron chi connectivity index (χ0n) is 11.6. The van der Waals surface area contributed by atoms with Crippen molar-refractivity contribution in [2.24, 2.45) is 5.92 Å². The zero-order chi connectivity index (χ0) is 13.8. The molecule has 3 nitrogen and oxygen atoms in total. The maximum Gasteiger partial charge on any atom is 0.173 e. The molecule has 0 N–H and O–H groups in total. The van der Waals surface area contributed by atoms with E-state index in [0.29, 0.717) is 0 Å². The molecule has 2 rings (SSSR count). The molecule has 0 saturated heterocycles. The Balaban J connectivity index is 2.14. The van der Waals surface area contributed by atoms with E-state index in [1.165, 1.54) is 0 Å². The van der Waals surface area contributed by atoms with Crippen molar-refractivity contribution >= 4 is 5.78 Å². The Morgan fingerprint density at radius 2 is 1.95 bits per heavy atom. The van der Waals surface area contributed by atoms with Gasteiger partial charge in [0.05, 0.1) is 13.0 Å². The van der Waals surface area contributed by atoms with Crippen molar-refractivity contribution in [3.63, 3.8) is 0 Å². The van der Waals surface area contributed by atoms with Crippen molar-refractivity contribution < 1.29 is 9.53 Å². The monoisotopic (exact) mass is 257 g/mol. The van der Waals surface area contributed by atoms with E-state index in [1.807, 2.05) is 56.6 Å². The second kappa shape index (κ2) is 5.85. The zero-order valence-corrected chi connectivity index (χ0v) is 11.6. The maximum atomic E-state index is 12.5. The van der Waals surface area contributed by atoms with Gasteiger partial charge in [0, 0.05) is 12.1 Å². The average molecular weight is 257 g/mol. The van der Waals surface area contributed by atoms with Crippen LogP contribution in [-0.4, -0.2) is 38.4 Å². The molecule has 19 heavy (non-hydrogen) atoms. The van der Waals surface area contributed by atoms with Crippen LogP contribution in [0.25, 0.3) is 0 Å². The summed E-state index contributed by atoms with van der Waals surface area (Å²) in [6.45, 7) is 0.805. The Morgan fingerprint density at radius 3 is 2.53 bits per heavy atom. The molecule has 1 aromatic carbocycles. The van der Waals surface area contributed by atoms with Crippen LogP contribution in [0.1, 0.15) is 10.4 Å². The minimum atomic E-state index is -0.129. The number of rotatable bonds is 5. The number of allylic oxidation sites excluding steroid dienone is 3. The molecule has 0 heterocycles. The first-order chi connectivity index (χ1) is 9.11. The number of hydrogen-bond acceptors (Lipinski definition) is 3. The van der Waals surface area contributed by atoms with Gasteiger partial charge in [0.2, 0.25) is 0 Å². The van der Waals surface area contributed by atoms with Crippen molar-refractivity contribution in [3.8, 4) is 5.75 Å². The number of Topliss-reactive ketones (excluding diaryl/α,β-unsaturated/α-hetero) is 1. The Bertz CT molecular complexity index is 512. The van der Waals surface area contributed by atoms with Crippen LogP contribution in [0.5, 0.6) is 5.75 Å². The SMILES string of the molecule is COc1ccc(C(=O)C2C=CC=C2CN(C)C)cc1. The van der Waals surface area contributed by atoms with Gasteiger partial charge >= 0.3 is 0 Å². The first-order valence-corrected chi connectivity index (χ1v) is 6.32. The first kappa shape index (κ1) is 13.6. The number of ether oxygens (including phenoxy) is 1. The molecular formula is C16H19NO2. The highest BCUT2D eigenvalue weighted by Crippen LogP contribution is 2.25. The Hall–Kier alpha value is -1.87. The molecule has 0 radical (unpaired) electrons. The second-order valence-corrected chi connectivity index (χ2v) is 4.93. The van der Waals surface area contributed by atoms with Crippen LogP contribution in [0.4, 0.5) is 0 Å². The molecule has 0 saturated carbocycles. The highest BCUT2D eigenvalue weighted by Gasteiger charge is 2.24. The minimum absolute atomic E-state index is 0.129. The van der Waals surface area contributed by atoms with Crippen LogP contribution in [0.3, 0.4) is 0 Å². The molecule has 0 aliphatic heterocycles. The van der Waals surface area contributed by atoms with E-state index in [-0.39, 0.29) is 11.7 Å². The van der Waals surface area contributed by atoms with E-state index < -0.39 is 0 Å². The lowest BCUT2D eigenvalue weighted by atomic mass is 9.92. The van der Waals surface area contributed by atoms with Gasteiger partial charge in [-0.3, -0.25) is 4.79 Å². The topological polar surface area (TPSA) is 29.5 Å². The summed E-state index contributed by atoms with van der Waals surface area (Å²) < 4.78 is 5.10. The first-order valence-electron chi connectivity index (χ1n) is 6.32. The van der Waals surface area contributed by atoms with Gasteiger partial charge < -0.3 is 9.64 Å². The summed E-state index contributed by atoms with van der Waals surface area (Å²) in [5, 5.41) is 0. The fourth-order valence-electron chi connectivity index (χ4n) is 2.22. The average Bonchev–Trinajstić information content (AvgIpc) is 2.85. The van der Waals surface area contributed by atoms with E-state index in [2.05, 4.69) is 4.90 Å². The number of hydrogen-bond donors (Lipinski definition) is 0. The van der Waals surface area contributed by atoms with Crippen LogP contribution < -0.4 is 4.74 Å². The van der Waals surface area contributed by atoms with Gasteiger partial charge in [-0.25, -0.2) is 0 Å². The number of methoxy groups -OCH3 is 1. The lowest BCUT2D eigenvalue weighted by molar-refractivity contribution is 0.0959. The molecule has 0 amide bonds. The quantitative estimate of drug-likeness (QED) is 0.759. The third-order valence-corrected chi connectivity index (χ3v) is 3.17. The van der Waals surface area contributed by atoms with Crippen LogP contribution in [0.15, 0.2) is 48.1 Å². The third-order valence-electron chi connectivity index (χ3n) is 3.17. The predicted molar refractivity (Wildman–Crippen MR) is 76.6 cm³/mol. The van der Waals surface area contributed by atoms with Gasteiger partial charge in [-0.1, -0.05) is 18.2 Å². The second-order valence-electron chi connectivity index (χ2n) is 4.93. The number of carbonyl (C=O) groups excluding carboxylic acids is 1. The van der Waals surface area contributed by atoms with Gasteiger partial charge in [0.1, 0.15) is 5.75 Å². The van der Waals surface area contributed by atoms with E-state index in [1.54, 1.807) is 7.11 Å². The van der Waals surface area contributed by atoms with Crippen molar-refractivity contribution in [1.82, 2.24) is 4.90 Å². The van der Waals surface area contributed by atoms with Crippen LogP contribution in [-0.2, 0) is 0 Å². The van der Waals surface area contributed by atoms with E-state index in [9.17, 15) is 4.79 Å². The fourth-order valence-corrected chi connectivity index (χ4v) is 2.22. The highest BCUT2D eigenvalue weighted by molar-refractivity contribution is 6.01. The van der Waals surface area contributed by atoms with Crippen molar-refractivity contribution in [1.29, 1.82) is 0 Å². The van der Waals surface area contributed by atoms with Gasteiger partial charge in [-0.2, -0.15) is 0 Å². The van der Waals surface area contributed by atoms with Gasteiger partial charge in [-0.05, 0) is 43.9 Å². The van der Waals surface area contributed by atoms with Crippen molar-refractivity contribution in [2.45, 2.75) is 0 Å². The van der Waals surface area contributed by atoms with Gasteiger partial charge in [-0.15, -0.1) is 0 Å². The summed E-state index contributed by atoms with van der Waals surface area (Å²) in [5.41, 5.74) is 1.87. The molecular weight excluding hydrogens is 238 g/mol. The highest BCUT2D eigenvalue weighted by atomic mass is 16.5. The Kier molecular flexibility index (Phi) is 4.17. The molecule has 0 bridgehead atoms. The Labute approximate surface area is 114 Å². The van der Waals surface area contributed by atoms with Gasteiger partial charge in [0.25, 0.3) is 0 Å². The summed E-state index contributed by atoms with van der Waals surface area (Å²) in [6, 6.07) is 7.28. The lowest BCUT2D eigenvalue weighted by Crippen LogP contribution is -2.22. The van der Waals surface area contributed by atoms with Crippen molar-refractivity contribution in [2.75, 3.05) is 27.7 Å². The largest absolute Gasteiger partial charge is 0.497 e. The lowest BCUT2D eigenvalue weighted by Gasteiger charge is -2.17. The number of likely N-dealkylation sites (N-methyl/N-ethyl adjacent to an activating group) is 1. The molecule has 3 heteroatoms. The fraction of sp³-hybridized carbons (Fsp3) is 0.312. The van der Waals surface area contributed by atoms with E-state index in [4.69, 9.17) is 4.74 Å². The number of benzene rings is 1. The molecule has 0 spiro atoms. The predicted octanol–water partition coefficient (Wildman–Crippen LogP) is 2.55. The van der Waals surface area contributed by atoms with E-state index in [0.717, 1.165) is 23.4 Å². The summed E-state index contributed by atoms with van der Waals surface area (Å²) in [6.07, 6.45) is 5.96.